The third-order valence-electron chi connectivity index (χ3n) is 3.65. The van der Waals surface area contributed by atoms with Gasteiger partial charge in [0.1, 0.15) is 11.1 Å². The van der Waals surface area contributed by atoms with Crippen molar-refractivity contribution in [3.8, 4) is 17.3 Å². The van der Waals surface area contributed by atoms with Gasteiger partial charge in [0.25, 0.3) is 5.69 Å². The highest BCUT2D eigenvalue weighted by molar-refractivity contribution is 7.11. The number of nitro benzene ring substituents is 1. The molecule has 3 rings (SSSR count). The van der Waals surface area contributed by atoms with Gasteiger partial charge in [-0.25, -0.2) is 4.98 Å². The molecule has 7 heteroatoms. The first-order chi connectivity index (χ1) is 13.1. The average molecular weight is 394 g/mol. The highest BCUT2D eigenvalue weighted by atomic mass is 35.5. The molecule has 0 unspecified atom stereocenters. The number of nitriles is 1. The first-order valence-corrected chi connectivity index (χ1v) is 9.07. The fraction of sp³-hybridized carbons (Fsp3) is 0. The number of non-ortho nitro benzene ring substituents is 1. The van der Waals surface area contributed by atoms with Gasteiger partial charge >= 0.3 is 0 Å². The van der Waals surface area contributed by atoms with Gasteiger partial charge in [0.2, 0.25) is 0 Å². The Kier molecular flexibility index (Phi) is 5.77. The van der Waals surface area contributed by atoms with Crippen LogP contribution in [0.25, 0.3) is 22.9 Å². The second-order valence-corrected chi connectivity index (χ2v) is 6.74. The Labute approximate surface area is 164 Å². The van der Waals surface area contributed by atoms with E-state index in [1.165, 1.54) is 23.5 Å². The van der Waals surface area contributed by atoms with E-state index in [0.717, 1.165) is 16.8 Å². The maximum absolute atomic E-state index is 10.7. The number of allylic oxidation sites excluding steroid dienone is 3. The molecule has 0 spiro atoms. The van der Waals surface area contributed by atoms with Crippen LogP contribution in [-0.4, -0.2) is 9.91 Å². The van der Waals surface area contributed by atoms with Gasteiger partial charge in [0.05, 0.1) is 16.2 Å². The predicted octanol–water partition coefficient (Wildman–Crippen LogP) is 5.99. The highest BCUT2D eigenvalue weighted by Crippen LogP contribution is 2.27. The van der Waals surface area contributed by atoms with Crippen molar-refractivity contribution in [2.75, 3.05) is 0 Å². The predicted molar refractivity (Wildman–Crippen MR) is 108 cm³/mol. The Balaban J connectivity index is 1.77. The van der Waals surface area contributed by atoms with Crippen molar-refractivity contribution in [3.63, 3.8) is 0 Å². The van der Waals surface area contributed by atoms with Gasteiger partial charge in [-0.3, -0.25) is 10.1 Å². The molecule has 132 valence electrons. The molecule has 1 heterocycles. The Morgan fingerprint density at radius 3 is 2.52 bits per heavy atom. The number of hydrogen-bond acceptors (Lipinski definition) is 5. The molecular weight excluding hydrogens is 382 g/mol. The van der Waals surface area contributed by atoms with Crippen molar-refractivity contribution < 1.29 is 4.92 Å². The van der Waals surface area contributed by atoms with Gasteiger partial charge in [0.15, 0.2) is 0 Å². The normalized spacial score (nSPS) is 11.5. The van der Waals surface area contributed by atoms with Crippen LogP contribution in [0.1, 0.15) is 10.6 Å². The van der Waals surface area contributed by atoms with Crippen molar-refractivity contribution in [3.05, 3.63) is 91.8 Å². The van der Waals surface area contributed by atoms with Gasteiger partial charge in [0, 0.05) is 28.1 Å². The smallest absolute Gasteiger partial charge is 0.258 e. The van der Waals surface area contributed by atoms with Crippen molar-refractivity contribution >= 4 is 40.3 Å². The molecule has 1 aromatic heterocycles. The Morgan fingerprint density at radius 1 is 1.19 bits per heavy atom. The number of hydrogen-bond donors (Lipinski definition) is 0. The first-order valence-electron chi connectivity index (χ1n) is 7.81. The Hall–Kier alpha value is -3.27. The number of nitrogens with zero attached hydrogens (tertiary/aromatic N) is 3. The standard InChI is InChI=1S/C20H12ClN3O2S/c21-17-8-6-15(7-9-17)19-13-27-20(23-19)16(12-22)3-1-2-14-4-10-18(11-5-14)24(25)26/h1-11,13H/b2-1+,16-3-. The van der Waals surface area contributed by atoms with Crippen LogP contribution in [0, 0.1) is 21.4 Å². The molecule has 0 radical (unpaired) electrons. The molecule has 0 aliphatic heterocycles. The molecule has 0 fully saturated rings. The van der Waals surface area contributed by atoms with Crippen LogP contribution in [-0.2, 0) is 0 Å². The second kappa shape index (κ2) is 8.41. The number of halogens is 1. The summed E-state index contributed by atoms with van der Waals surface area (Å²) in [7, 11) is 0. The summed E-state index contributed by atoms with van der Waals surface area (Å²) in [6.07, 6.45) is 5.17. The molecule has 0 atom stereocenters. The highest BCUT2D eigenvalue weighted by Gasteiger charge is 2.08. The van der Waals surface area contributed by atoms with Crippen LogP contribution >= 0.6 is 22.9 Å². The van der Waals surface area contributed by atoms with Crippen LogP contribution in [0.3, 0.4) is 0 Å². The third-order valence-corrected chi connectivity index (χ3v) is 4.78. The number of rotatable bonds is 5. The SMILES string of the molecule is N#C/C(=C/C=C/c1ccc([N+](=O)[O-])cc1)c1nc(-c2ccc(Cl)cc2)cs1. The van der Waals surface area contributed by atoms with Gasteiger partial charge in [-0.1, -0.05) is 35.9 Å². The summed E-state index contributed by atoms with van der Waals surface area (Å²) in [5.41, 5.74) is 3.00. The molecule has 5 nitrogen and oxygen atoms in total. The minimum atomic E-state index is -0.443. The summed E-state index contributed by atoms with van der Waals surface area (Å²) in [5.74, 6) is 0. The Bertz CT molecular complexity index is 1060. The molecule has 2 aromatic carbocycles. The van der Waals surface area contributed by atoms with Crippen molar-refractivity contribution in [1.29, 1.82) is 5.26 Å². The van der Waals surface area contributed by atoms with Crippen LogP contribution in [0.5, 0.6) is 0 Å². The number of benzene rings is 2. The lowest BCUT2D eigenvalue weighted by molar-refractivity contribution is -0.384. The zero-order valence-electron chi connectivity index (χ0n) is 13.9. The molecule has 0 amide bonds. The van der Waals surface area contributed by atoms with E-state index in [4.69, 9.17) is 11.6 Å². The lowest BCUT2D eigenvalue weighted by Crippen LogP contribution is -1.86. The number of aromatic nitrogens is 1. The Morgan fingerprint density at radius 2 is 1.89 bits per heavy atom. The van der Waals surface area contributed by atoms with E-state index in [1.807, 2.05) is 17.5 Å². The third kappa shape index (κ3) is 4.67. The topological polar surface area (TPSA) is 79.8 Å². The summed E-state index contributed by atoms with van der Waals surface area (Å²) in [4.78, 5) is 14.7. The molecule has 27 heavy (non-hydrogen) atoms. The number of thiazole rings is 1. The second-order valence-electron chi connectivity index (χ2n) is 5.44. The molecule has 3 aromatic rings. The van der Waals surface area contributed by atoms with Crippen LogP contribution in [0.2, 0.25) is 5.02 Å². The molecule has 0 saturated heterocycles. The molecule has 0 aliphatic rings. The van der Waals surface area contributed by atoms with Gasteiger partial charge in [-0.15, -0.1) is 11.3 Å². The molecule has 0 saturated carbocycles. The van der Waals surface area contributed by atoms with Crippen LogP contribution in [0.15, 0.2) is 66.1 Å². The van der Waals surface area contributed by atoms with E-state index in [9.17, 15) is 15.4 Å². The van der Waals surface area contributed by atoms with E-state index < -0.39 is 4.92 Å². The molecule has 0 N–H and O–H groups in total. The van der Waals surface area contributed by atoms with Crippen LogP contribution < -0.4 is 0 Å². The minimum Gasteiger partial charge on any atom is -0.258 e. The maximum atomic E-state index is 10.7. The van der Waals surface area contributed by atoms with E-state index in [2.05, 4.69) is 11.1 Å². The monoisotopic (exact) mass is 393 g/mol. The molecule has 0 aliphatic carbocycles. The zero-order valence-corrected chi connectivity index (χ0v) is 15.4. The summed E-state index contributed by atoms with van der Waals surface area (Å²) in [6.45, 7) is 0. The lowest BCUT2D eigenvalue weighted by Gasteiger charge is -1.96. The fourth-order valence-corrected chi connectivity index (χ4v) is 3.20. The summed E-state index contributed by atoms with van der Waals surface area (Å²) in [6, 6.07) is 15.7. The molecule has 0 bridgehead atoms. The molecular formula is C20H12ClN3O2S. The fourth-order valence-electron chi connectivity index (χ4n) is 2.27. The first kappa shape index (κ1) is 18.5. The largest absolute Gasteiger partial charge is 0.269 e. The quantitative estimate of drug-likeness (QED) is 0.230. The van der Waals surface area contributed by atoms with Crippen molar-refractivity contribution in [1.82, 2.24) is 4.98 Å². The van der Waals surface area contributed by atoms with Gasteiger partial charge in [-0.05, 0) is 35.9 Å². The van der Waals surface area contributed by atoms with Crippen LogP contribution in [0.4, 0.5) is 5.69 Å². The van der Waals surface area contributed by atoms with E-state index in [1.54, 1.807) is 42.5 Å². The van der Waals surface area contributed by atoms with Crippen molar-refractivity contribution in [2.24, 2.45) is 0 Å². The van der Waals surface area contributed by atoms with Gasteiger partial charge in [-0.2, -0.15) is 5.26 Å². The minimum absolute atomic E-state index is 0.0397. The summed E-state index contributed by atoms with van der Waals surface area (Å²) >= 11 is 7.29. The average Bonchev–Trinajstić information content (AvgIpc) is 3.16. The lowest BCUT2D eigenvalue weighted by atomic mass is 10.1. The van der Waals surface area contributed by atoms with Crippen molar-refractivity contribution in [2.45, 2.75) is 0 Å². The zero-order chi connectivity index (χ0) is 19.2. The summed E-state index contributed by atoms with van der Waals surface area (Å²) < 4.78 is 0. The summed E-state index contributed by atoms with van der Waals surface area (Å²) in [5, 5.41) is 23.2. The van der Waals surface area contributed by atoms with E-state index in [-0.39, 0.29) is 5.69 Å². The maximum Gasteiger partial charge on any atom is 0.269 e. The van der Waals surface area contributed by atoms with E-state index in [0.29, 0.717) is 15.6 Å². The number of nitro groups is 1. The van der Waals surface area contributed by atoms with E-state index >= 15 is 0 Å². The van der Waals surface area contributed by atoms with Gasteiger partial charge < -0.3 is 0 Å².